The largest absolute Gasteiger partial charge is 0.489 e. The number of hydrogen-bond acceptors (Lipinski definition) is 4. The summed E-state index contributed by atoms with van der Waals surface area (Å²) in [7, 11) is 1.90. The van der Waals surface area contributed by atoms with Crippen molar-refractivity contribution in [1.29, 1.82) is 0 Å². The average Bonchev–Trinajstić information content (AvgIpc) is 3.41. The minimum atomic E-state index is -0.0762. The molecule has 2 heterocycles. The molecule has 4 rings (SSSR count). The first-order valence-corrected chi connectivity index (χ1v) is 9.91. The van der Waals surface area contributed by atoms with Crippen LogP contribution in [0.15, 0.2) is 67.0 Å². The fourth-order valence-electron chi connectivity index (χ4n) is 3.70. The molecule has 2 aromatic carbocycles. The molecule has 0 radical (unpaired) electrons. The van der Waals surface area contributed by atoms with Gasteiger partial charge in [-0.25, -0.2) is 0 Å². The maximum atomic E-state index is 12.7. The molecular formula is C23H26N4O2. The molecule has 0 spiro atoms. The molecule has 0 bridgehead atoms. The summed E-state index contributed by atoms with van der Waals surface area (Å²) >= 11 is 0. The lowest BCUT2D eigenvalue weighted by atomic mass is 9.90. The van der Waals surface area contributed by atoms with Crippen molar-refractivity contribution in [2.45, 2.75) is 19.1 Å². The van der Waals surface area contributed by atoms with Gasteiger partial charge in [-0.05, 0) is 28.8 Å². The second kappa shape index (κ2) is 8.92. The van der Waals surface area contributed by atoms with Crippen LogP contribution in [0.5, 0.6) is 5.75 Å². The van der Waals surface area contributed by atoms with E-state index in [-0.39, 0.29) is 17.7 Å². The Kier molecular flexibility index (Phi) is 5.91. The zero-order chi connectivity index (χ0) is 20.1. The van der Waals surface area contributed by atoms with E-state index in [9.17, 15) is 4.79 Å². The Morgan fingerprint density at radius 3 is 2.66 bits per heavy atom. The number of carbonyl (C=O) groups is 1. The van der Waals surface area contributed by atoms with E-state index in [1.165, 1.54) is 0 Å². The summed E-state index contributed by atoms with van der Waals surface area (Å²) in [6, 6.07) is 18.0. The van der Waals surface area contributed by atoms with Crippen LogP contribution in [0, 0.1) is 5.92 Å². The molecule has 1 aliphatic heterocycles. The van der Waals surface area contributed by atoms with Crippen molar-refractivity contribution in [3.8, 4) is 5.75 Å². The second-order valence-corrected chi connectivity index (χ2v) is 7.45. The zero-order valence-electron chi connectivity index (χ0n) is 16.5. The van der Waals surface area contributed by atoms with Crippen molar-refractivity contribution in [3.05, 3.63) is 83.7 Å². The fourth-order valence-corrected chi connectivity index (χ4v) is 3.70. The normalized spacial score (nSPS) is 18.5. The van der Waals surface area contributed by atoms with Crippen molar-refractivity contribution in [2.24, 2.45) is 13.0 Å². The lowest BCUT2D eigenvalue weighted by molar-refractivity contribution is -0.125. The molecule has 1 aliphatic rings. The third-order valence-corrected chi connectivity index (χ3v) is 5.34. The van der Waals surface area contributed by atoms with Crippen molar-refractivity contribution in [3.63, 3.8) is 0 Å². The molecule has 6 heteroatoms. The molecule has 0 saturated carbocycles. The van der Waals surface area contributed by atoms with Gasteiger partial charge in [0.15, 0.2) is 0 Å². The summed E-state index contributed by atoms with van der Waals surface area (Å²) in [5.41, 5.74) is 3.30. The molecule has 1 amide bonds. The lowest BCUT2D eigenvalue weighted by Gasteiger charge is -2.17. The lowest BCUT2D eigenvalue weighted by Crippen LogP contribution is -2.33. The van der Waals surface area contributed by atoms with Crippen molar-refractivity contribution in [2.75, 3.05) is 13.1 Å². The Morgan fingerprint density at radius 1 is 1.14 bits per heavy atom. The van der Waals surface area contributed by atoms with Crippen LogP contribution < -0.4 is 15.4 Å². The van der Waals surface area contributed by atoms with Gasteiger partial charge in [-0.3, -0.25) is 9.48 Å². The highest BCUT2D eigenvalue weighted by Gasteiger charge is 2.34. The number of benzene rings is 2. The van der Waals surface area contributed by atoms with E-state index in [4.69, 9.17) is 4.74 Å². The second-order valence-electron chi connectivity index (χ2n) is 7.45. The Labute approximate surface area is 170 Å². The van der Waals surface area contributed by atoms with Gasteiger partial charge in [-0.1, -0.05) is 42.5 Å². The number of nitrogens with zero attached hydrogens (tertiary/aromatic N) is 2. The number of ether oxygens (including phenoxy) is 1. The molecule has 0 unspecified atom stereocenters. The maximum absolute atomic E-state index is 12.7. The number of carbonyl (C=O) groups excluding carboxylic acids is 1. The Balaban J connectivity index is 1.29. The zero-order valence-corrected chi connectivity index (χ0v) is 16.5. The molecule has 0 aliphatic carbocycles. The van der Waals surface area contributed by atoms with E-state index in [2.05, 4.69) is 15.7 Å². The predicted octanol–water partition coefficient (Wildman–Crippen LogP) is 2.62. The van der Waals surface area contributed by atoms with Crippen LogP contribution >= 0.6 is 0 Å². The first-order chi connectivity index (χ1) is 14.2. The van der Waals surface area contributed by atoms with Crippen LogP contribution in [0.1, 0.15) is 22.6 Å². The molecule has 6 nitrogen and oxygen atoms in total. The van der Waals surface area contributed by atoms with E-state index < -0.39 is 0 Å². The fraction of sp³-hybridized carbons (Fsp3) is 0.304. The molecule has 2 N–H and O–H groups in total. The van der Waals surface area contributed by atoms with Gasteiger partial charge in [-0.2, -0.15) is 5.10 Å². The molecule has 1 saturated heterocycles. The molecule has 29 heavy (non-hydrogen) atoms. The Bertz CT molecular complexity index is 937. The highest BCUT2D eigenvalue weighted by molar-refractivity contribution is 5.80. The summed E-state index contributed by atoms with van der Waals surface area (Å²) in [6.45, 7) is 2.55. The van der Waals surface area contributed by atoms with E-state index in [1.807, 2.05) is 74.0 Å². The average molecular weight is 390 g/mol. The van der Waals surface area contributed by atoms with Crippen LogP contribution in [0.25, 0.3) is 0 Å². The third kappa shape index (κ3) is 4.84. The molecule has 150 valence electrons. The quantitative estimate of drug-likeness (QED) is 0.651. The number of rotatable bonds is 7. The van der Waals surface area contributed by atoms with Gasteiger partial charge in [0.2, 0.25) is 5.91 Å². The van der Waals surface area contributed by atoms with Gasteiger partial charge in [0.05, 0.1) is 12.1 Å². The van der Waals surface area contributed by atoms with E-state index in [1.54, 1.807) is 4.68 Å². The number of aromatic nitrogens is 2. The summed E-state index contributed by atoms with van der Waals surface area (Å²) < 4.78 is 7.60. The minimum absolute atomic E-state index is 0.0762. The standard InChI is InChI=1S/C23H26N4O2/c1-27-15-19(12-26-27)21-13-24-14-22(21)23(28)25-11-17-7-9-20(10-8-17)29-16-18-5-3-2-4-6-18/h2-10,12,15,21-22,24H,11,13-14,16H2,1H3,(H,25,28)/t21-,22+/m1/s1. The van der Waals surface area contributed by atoms with Gasteiger partial charge in [0.25, 0.3) is 0 Å². The van der Waals surface area contributed by atoms with E-state index in [0.717, 1.165) is 29.0 Å². The first-order valence-electron chi connectivity index (χ1n) is 9.91. The van der Waals surface area contributed by atoms with Crippen LogP contribution in [0.3, 0.4) is 0 Å². The van der Waals surface area contributed by atoms with Crippen LogP contribution in [-0.4, -0.2) is 28.8 Å². The van der Waals surface area contributed by atoms with Gasteiger partial charge in [-0.15, -0.1) is 0 Å². The van der Waals surface area contributed by atoms with Gasteiger partial charge in [0, 0.05) is 38.8 Å². The predicted molar refractivity (Wildman–Crippen MR) is 111 cm³/mol. The monoisotopic (exact) mass is 390 g/mol. The summed E-state index contributed by atoms with van der Waals surface area (Å²) in [5, 5.41) is 10.6. The molecule has 1 aromatic heterocycles. The van der Waals surface area contributed by atoms with Gasteiger partial charge >= 0.3 is 0 Å². The molecular weight excluding hydrogens is 364 g/mol. The van der Waals surface area contributed by atoms with E-state index >= 15 is 0 Å². The van der Waals surface area contributed by atoms with Crippen LogP contribution in [0.2, 0.25) is 0 Å². The summed E-state index contributed by atoms with van der Waals surface area (Å²) in [5.74, 6) is 0.985. The highest BCUT2D eigenvalue weighted by Crippen LogP contribution is 2.28. The van der Waals surface area contributed by atoms with Crippen LogP contribution in [0.4, 0.5) is 0 Å². The van der Waals surface area contributed by atoms with Gasteiger partial charge in [0.1, 0.15) is 12.4 Å². The third-order valence-electron chi connectivity index (χ3n) is 5.34. The Morgan fingerprint density at radius 2 is 1.93 bits per heavy atom. The minimum Gasteiger partial charge on any atom is -0.489 e. The Hall–Kier alpha value is -3.12. The molecule has 3 aromatic rings. The van der Waals surface area contributed by atoms with E-state index in [0.29, 0.717) is 19.7 Å². The number of aryl methyl sites for hydroxylation is 1. The number of hydrogen-bond donors (Lipinski definition) is 2. The maximum Gasteiger partial charge on any atom is 0.225 e. The molecule has 2 atom stereocenters. The first kappa shape index (κ1) is 19.2. The molecule has 1 fully saturated rings. The van der Waals surface area contributed by atoms with Crippen molar-refractivity contribution in [1.82, 2.24) is 20.4 Å². The number of amides is 1. The summed E-state index contributed by atoms with van der Waals surface area (Å²) in [4.78, 5) is 12.7. The van der Waals surface area contributed by atoms with Crippen molar-refractivity contribution >= 4 is 5.91 Å². The van der Waals surface area contributed by atoms with Gasteiger partial charge < -0.3 is 15.4 Å². The van der Waals surface area contributed by atoms with Crippen LogP contribution in [-0.2, 0) is 25.0 Å². The topological polar surface area (TPSA) is 68.2 Å². The summed E-state index contributed by atoms with van der Waals surface area (Å²) in [6.07, 6.45) is 3.85. The van der Waals surface area contributed by atoms with Crippen molar-refractivity contribution < 1.29 is 9.53 Å². The highest BCUT2D eigenvalue weighted by atomic mass is 16.5. The smallest absolute Gasteiger partial charge is 0.225 e. The number of nitrogens with one attached hydrogen (secondary N) is 2. The SMILES string of the molecule is Cn1cc([C@H]2CNC[C@@H]2C(=O)NCc2ccc(OCc3ccccc3)cc2)cn1.